The lowest BCUT2D eigenvalue weighted by Crippen LogP contribution is -2.31. The van der Waals surface area contributed by atoms with Crippen LogP contribution in [-0.4, -0.2) is 114 Å². The van der Waals surface area contributed by atoms with E-state index >= 15 is 0 Å². The molecule has 0 heterocycles. The quantitative estimate of drug-likeness (QED) is 0.0477. The molecule has 5 rings (SSSR count). The van der Waals surface area contributed by atoms with Crippen molar-refractivity contribution in [2.45, 2.75) is 212 Å². The van der Waals surface area contributed by atoms with Crippen molar-refractivity contribution < 1.29 is 91.1 Å². The van der Waals surface area contributed by atoms with E-state index in [2.05, 4.69) is 9.47 Å². The van der Waals surface area contributed by atoms with E-state index in [1.54, 1.807) is 0 Å². The molecule has 5 saturated carbocycles. The predicted molar refractivity (Wildman–Crippen MR) is 274 cm³/mol. The highest BCUT2D eigenvalue weighted by Crippen LogP contribution is 2.30. The number of ketones is 5. The molecule has 0 bridgehead atoms. The van der Waals surface area contributed by atoms with E-state index in [4.69, 9.17) is 25.6 Å². The summed E-state index contributed by atoms with van der Waals surface area (Å²) in [6.45, 7) is 0. The summed E-state index contributed by atoms with van der Waals surface area (Å²) < 4.78 is 30.4. The number of esters is 2. The fourth-order valence-electron chi connectivity index (χ4n) is 10.2. The first-order valence-corrected chi connectivity index (χ1v) is 28.9. The molecular formula is C54H87NO19S. The summed E-state index contributed by atoms with van der Waals surface area (Å²) in [4.78, 5) is 123. The maximum atomic E-state index is 12.0. The average molecular weight is 1090 g/mol. The summed E-state index contributed by atoms with van der Waals surface area (Å²) in [5.74, 6) is -8.26. The number of hydrogen-bond donors (Lipinski definition) is 5. The largest absolute Gasteiger partial charge is 0.481 e. The molecule has 75 heavy (non-hydrogen) atoms. The van der Waals surface area contributed by atoms with Gasteiger partial charge in [0.15, 0.2) is 11.8 Å². The van der Waals surface area contributed by atoms with Crippen LogP contribution >= 0.6 is 0 Å². The second kappa shape index (κ2) is 38.6. The Morgan fingerprint density at radius 3 is 0.960 bits per heavy atom. The van der Waals surface area contributed by atoms with Crippen molar-refractivity contribution in [2.75, 3.05) is 20.0 Å². The van der Waals surface area contributed by atoms with E-state index in [1.165, 1.54) is 33.5 Å². The molecule has 0 aromatic heterocycles. The van der Waals surface area contributed by atoms with Crippen molar-refractivity contribution >= 4 is 74.8 Å². The van der Waals surface area contributed by atoms with Gasteiger partial charge in [-0.05, 0) is 70.6 Å². The molecule has 0 aromatic rings. The number of aliphatic carboxylic acids is 4. The second-order valence-electron chi connectivity index (χ2n) is 20.5. The molecule has 0 amide bonds. The minimum absolute atomic E-state index is 0.00463. The van der Waals surface area contributed by atoms with Crippen molar-refractivity contribution in [1.29, 1.82) is 0 Å². The summed E-state index contributed by atoms with van der Waals surface area (Å²) in [6.07, 6.45) is 26.7. The van der Waals surface area contributed by atoms with Gasteiger partial charge in [-0.1, -0.05) is 96.3 Å². The summed E-state index contributed by atoms with van der Waals surface area (Å²) >= 11 is 0. The number of rotatable bonds is 23. The zero-order valence-electron chi connectivity index (χ0n) is 44.5. The third-order valence-electron chi connectivity index (χ3n) is 14.7. The van der Waals surface area contributed by atoms with Gasteiger partial charge in [0, 0.05) is 68.1 Å². The highest BCUT2D eigenvalue weighted by atomic mass is 32.2. The van der Waals surface area contributed by atoms with Gasteiger partial charge in [-0.25, -0.2) is 13.6 Å². The predicted octanol–water partition coefficient (Wildman–Crippen LogP) is 8.01. The van der Waals surface area contributed by atoms with Gasteiger partial charge in [0.05, 0.1) is 26.4 Å². The fraction of sp³-hybridized carbons (Fsp3) is 0.796. The van der Waals surface area contributed by atoms with Crippen LogP contribution < -0.4 is 5.14 Å². The second-order valence-corrected chi connectivity index (χ2v) is 22.2. The molecule has 5 aliphatic carbocycles. The number of carbonyl (C=O) groups is 11. The molecule has 0 aromatic carbocycles. The van der Waals surface area contributed by atoms with Crippen LogP contribution in [0, 0.1) is 41.4 Å². The Labute approximate surface area is 442 Å². The Kier molecular flexibility index (Phi) is 35.0. The monoisotopic (exact) mass is 1090 g/mol. The number of carboxylic acids is 4. The first-order chi connectivity index (χ1) is 35.5. The van der Waals surface area contributed by atoms with Crippen LogP contribution in [0.25, 0.3) is 0 Å². The molecule has 0 aliphatic heterocycles. The molecule has 0 saturated heterocycles. The van der Waals surface area contributed by atoms with Crippen LogP contribution in [0.3, 0.4) is 0 Å². The van der Waals surface area contributed by atoms with E-state index in [9.17, 15) is 61.2 Å². The Morgan fingerprint density at radius 1 is 0.400 bits per heavy atom. The van der Waals surface area contributed by atoms with E-state index < -0.39 is 57.7 Å². The topological polar surface area (TPSA) is 347 Å². The van der Waals surface area contributed by atoms with Crippen molar-refractivity contribution in [1.82, 2.24) is 0 Å². The van der Waals surface area contributed by atoms with E-state index in [0.29, 0.717) is 12.8 Å². The summed E-state index contributed by atoms with van der Waals surface area (Å²) in [6, 6.07) is 0. The standard InChI is InChI=1S/C13H20O5.C11H16O5.C11H18O3.C10H16O3.C9H17NO3S/c1-17-12(15)10(13(16)18-2)8-11(14)9-6-4-3-5-7-9;12-9(7-4-2-1-3-5-7)6-8(10(13)14)11(15)16;12-10(7-4-8-11(13)14)9-5-2-1-3-6-9;11-9(6-7-10(12)13)8-4-2-1-3-5-8;10-14(12,13)7-6-9(11)8-4-2-1-3-5-8/h9-10H,3-8H2,1-2H3;7-8H,1-6H2,(H,13,14)(H,15,16);9H,1-8H2,(H,13,14);8H,1-7H2,(H,12,13);8H,1-7H2,(H2,10,12,13). The lowest BCUT2D eigenvalue weighted by molar-refractivity contribution is -0.161. The first kappa shape index (κ1) is 68.1. The van der Waals surface area contributed by atoms with Gasteiger partial charge in [0.1, 0.15) is 28.9 Å². The van der Waals surface area contributed by atoms with Crippen molar-refractivity contribution in [3.63, 3.8) is 0 Å². The molecule has 20 nitrogen and oxygen atoms in total. The number of sulfonamides is 1. The maximum Gasteiger partial charge on any atom is 0.320 e. The zero-order valence-corrected chi connectivity index (χ0v) is 45.3. The molecule has 428 valence electrons. The van der Waals surface area contributed by atoms with Crippen LogP contribution in [0.2, 0.25) is 0 Å². The highest BCUT2D eigenvalue weighted by Gasteiger charge is 2.35. The summed E-state index contributed by atoms with van der Waals surface area (Å²) in [5.41, 5.74) is 0. The van der Waals surface area contributed by atoms with Crippen LogP contribution in [0.5, 0.6) is 0 Å². The van der Waals surface area contributed by atoms with Crippen LogP contribution in [-0.2, 0) is 72.2 Å². The van der Waals surface area contributed by atoms with Gasteiger partial charge in [-0.2, -0.15) is 0 Å². The molecule has 0 spiro atoms. The average Bonchev–Trinajstić information content (AvgIpc) is 3.41. The lowest BCUT2D eigenvalue weighted by atomic mass is 9.83. The molecular weight excluding hydrogens is 999 g/mol. The van der Waals surface area contributed by atoms with E-state index in [1.807, 2.05) is 0 Å². The van der Waals surface area contributed by atoms with Crippen LogP contribution in [0.1, 0.15) is 212 Å². The number of carbonyl (C=O) groups excluding carboxylic acids is 7. The Balaban J connectivity index is 0.000000471. The molecule has 5 aliphatic rings. The molecule has 21 heteroatoms. The Morgan fingerprint density at radius 2 is 0.680 bits per heavy atom. The Bertz CT molecular complexity index is 1910. The number of Topliss-reactive ketones (excluding diaryl/α,β-unsaturated/α-hetero) is 5. The van der Waals surface area contributed by atoms with Crippen molar-refractivity contribution in [3.05, 3.63) is 0 Å². The van der Waals surface area contributed by atoms with Gasteiger partial charge < -0.3 is 29.9 Å². The smallest absolute Gasteiger partial charge is 0.320 e. The third kappa shape index (κ3) is 31.0. The van der Waals surface area contributed by atoms with Gasteiger partial charge in [-0.15, -0.1) is 0 Å². The first-order valence-electron chi connectivity index (χ1n) is 27.2. The maximum absolute atomic E-state index is 12.0. The minimum atomic E-state index is -3.48. The van der Waals surface area contributed by atoms with Crippen LogP contribution in [0.4, 0.5) is 0 Å². The molecule has 6 N–H and O–H groups in total. The number of methoxy groups -OCH3 is 2. The van der Waals surface area contributed by atoms with E-state index in [0.717, 1.165) is 141 Å². The normalized spacial score (nSPS) is 17.8. The zero-order chi connectivity index (χ0) is 56.3. The van der Waals surface area contributed by atoms with Gasteiger partial charge in [-0.3, -0.25) is 52.7 Å². The lowest BCUT2D eigenvalue weighted by Gasteiger charge is -2.21. The number of hydrogen-bond acceptors (Lipinski definition) is 15. The highest BCUT2D eigenvalue weighted by molar-refractivity contribution is 7.89. The van der Waals surface area contributed by atoms with Gasteiger partial charge in [0.25, 0.3) is 0 Å². The van der Waals surface area contributed by atoms with Crippen molar-refractivity contribution in [3.8, 4) is 0 Å². The number of nitrogens with two attached hydrogens (primary N) is 1. The molecule has 5 fully saturated rings. The minimum Gasteiger partial charge on any atom is -0.481 e. The Hall–Kier alpha value is -4.92. The summed E-state index contributed by atoms with van der Waals surface area (Å²) in [5, 5.41) is 39.0. The molecule has 0 unspecified atom stereocenters. The van der Waals surface area contributed by atoms with Crippen LogP contribution in [0.15, 0.2) is 0 Å². The molecule has 0 radical (unpaired) electrons. The third-order valence-corrected chi connectivity index (χ3v) is 15.5. The van der Waals surface area contributed by atoms with Gasteiger partial charge >= 0.3 is 35.8 Å². The van der Waals surface area contributed by atoms with Gasteiger partial charge in [0.2, 0.25) is 10.0 Å². The molecule has 0 atom stereocenters. The van der Waals surface area contributed by atoms with Crippen molar-refractivity contribution in [2.24, 2.45) is 46.6 Å². The SMILES string of the molecule is COC(=O)C(CC(=O)C1CCCCC1)C(=O)OC.NS(=O)(=O)CCC(=O)C1CCCCC1.O=C(CC(C(=O)O)C(=O)O)C1CCCCC1.O=C(O)CCC(=O)C1CCCCC1.O=C(O)CCCC(=O)C1CCCCC1. The fourth-order valence-corrected chi connectivity index (χ4v) is 10.7. The number of primary sulfonamides is 1. The number of ether oxygens (including phenoxy) is 2. The number of carboxylic acid groups (broad SMARTS) is 4. The van der Waals surface area contributed by atoms with E-state index in [-0.39, 0.29) is 103 Å². The summed E-state index contributed by atoms with van der Waals surface area (Å²) in [7, 11) is -1.08.